The van der Waals surface area contributed by atoms with Gasteiger partial charge in [-0.1, -0.05) is 13.3 Å². The molecular formula is C7H9N2NaOS. The standard InChI is InChI=1S/C7H10N2OS.Na/c1-2-3-5-4-6(10)9-7(11)8-5;/h4H,2-3H2,1H3,(H2,8,9,10,11);/q;+1/p-1. The maximum atomic E-state index is 10.8. The van der Waals surface area contributed by atoms with Gasteiger partial charge in [-0.05, 0) is 11.6 Å². The molecule has 0 bridgehead atoms. The van der Waals surface area contributed by atoms with Gasteiger partial charge in [0.05, 0.1) is 0 Å². The Morgan fingerprint density at radius 3 is 2.83 bits per heavy atom. The smallest absolute Gasteiger partial charge is 0.742 e. The van der Waals surface area contributed by atoms with Crippen LogP contribution < -0.4 is 35.1 Å². The van der Waals surface area contributed by atoms with Crippen LogP contribution in [-0.2, 0) is 19.0 Å². The van der Waals surface area contributed by atoms with E-state index in [1.807, 2.05) is 6.92 Å². The maximum absolute atomic E-state index is 10.8. The van der Waals surface area contributed by atoms with Gasteiger partial charge in [0, 0.05) is 11.8 Å². The van der Waals surface area contributed by atoms with Crippen LogP contribution in [0, 0.1) is 0 Å². The van der Waals surface area contributed by atoms with E-state index in [1.165, 1.54) is 6.07 Å². The van der Waals surface area contributed by atoms with Crippen molar-refractivity contribution in [1.82, 2.24) is 9.97 Å². The van der Waals surface area contributed by atoms with Crippen LogP contribution in [0.4, 0.5) is 0 Å². The van der Waals surface area contributed by atoms with Crippen molar-refractivity contribution in [2.24, 2.45) is 0 Å². The van der Waals surface area contributed by atoms with Gasteiger partial charge in [-0.3, -0.25) is 9.78 Å². The molecule has 0 aliphatic heterocycles. The fourth-order valence-corrected chi connectivity index (χ4v) is 1.09. The number of aromatic amines is 1. The third kappa shape index (κ3) is 3.67. The molecule has 1 rings (SSSR count). The minimum absolute atomic E-state index is 0. The van der Waals surface area contributed by atoms with E-state index in [0.29, 0.717) is 0 Å². The zero-order valence-corrected chi connectivity index (χ0v) is 10.1. The third-order valence-corrected chi connectivity index (χ3v) is 1.47. The molecule has 0 saturated heterocycles. The number of aryl methyl sites for hydroxylation is 1. The molecule has 0 spiro atoms. The van der Waals surface area contributed by atoms with E-state index in [9.17, 15) is 4.79 Å². The van der Waals surface area contributed by atoms with Crippen LogP contribution >= 0.6 is 0 Å². The van der Waals surface area contributed by atoms with Gasteiger partial charge in [0.2, 0.25) is 5.56 Å². The molecule has 1 aromatic rings. The monoisotopic (exact) mass is 192 g/mol. The van der Waals surface area contributed by atoms with Gasteiger partial charge in [-0.25, -0.2) is 0 Å². The molecule has 0 atom stereocenters. The average Bonchev–Trinajstić information content (AvgIpc) is 1.85. The Bertz CT molecular complexity index is 300. The molecule has 0 aromatic carbocycles. The van der Waals surface area contributed by atoms with Crippen LogP contribution in [0.1, 0.15) is 19.0 Å². The van der Waals surface area contributed by atoms with E-state index in [1.54, 1.807) is 0 Å². The van der Waals surface area contributed by atoms with Gasteiger partial charge in [0.15, 0.2) is 0 Å². The second-order valence-electron chi connectivity index (χ2n) is 2.29. The minimum Gasteiger partial charge on any atom is -0.742 e. The molecule has 0 fully saturated rings. The van der Waals surface area contributed by atoms with Crippen molar-refractivity contribution in [1.29, 1.82) is 0 Å². The number of hydrogen-bond donors (Lipinski definition) is 1. The molecule has 12 heavy (non-hydrogen) atoms. The summed E-state index contributed by atoms with van der Waals surface area (Å²) in [5.74, 6) is 0. The largest absolute Gasteiger partial charge is 1.00 e. The number of nitrogens with zero attached hydrogens (tertiary/aromatic N) is 1. The van der Waals surface area contributed by atoms with Gasteiger partial charge in [-0.2, -0.15) is 0 Å². The van der Waals surface area contributed by atoms with Crippen molar-refractivity contribution in [3.8, 4) is 0 Å². The summed E-state index contributed by atoms with van der Waals surface area (Å²) in [4.78, 5) is 17.2. The van der Waals surface area contributed by atoms with E-state index in [0.717, 1.165) is 18.5 Å². The number of hydrogen-bond acceptors (Lipinski definition) is 3. The van der Waals surface area contributed by atoms with Crippen LogP contribution in [0.15, 0.2) is 16.0 Å². The fourth-order valence-electron chi connectivity index (χ4n) is 0.868. The number of nitrogens with one attached hydrogen (secondary N) is 1. The van der Waals surface area contributed by atoms with Crippen molar-refractivity contribution < 1.29 is 29.6 Å². The second kappa shape index (κ2) is 5.70. The Balaban J connectivity index is 0.00000121. The normalized spacial score (nSPS) is 9.08. The Hall–Kier alpha value is 0.1000. The van der Waals surface area contributed by atoms with Crippen LogP contribution in [-0.4, -0.2) is 9.97 Å². The Kier molecular flexibility index (Phi) is 5.74. The molecular weight excluding hydrogens is 183 g/mol. The SMILES string of the molecule is CCCc1cc(=O)[nH]c([S-])n1.[Na+]. The van der Waals surface area contributed by atoms with Crippen molar-refractivity contribution in [3.63, 3.8) is 0 Å². The molecule has 0 unspecified atom stereocenters. The summed E-state index contributed by atoms with van der Waals surface area (Å²) >= 11 is 4.73. The van der Waals surface area contributed by atoms with E-state index < -0.39 is 0 Å². The van der Waals surface area contributed by atoms with Gasteiger partial charge in [0.1, 0.15) is 0 Å². The third-order valence-electron chi connectivity index (χ3n) is 1.28. The molecule has 0 saturated carbocycles. The predicted molar refractivity (Wildman–Crippen MR) is 44.5 cm³/mol. The summed E-state index contributed by atoms with van der Waals surface area (Å²) in [5, 5.41) is 0.279. The van der Waals surface area contributed by atoms with Crippen molar-refractivity contribution >= 4 is 12.6 Å². The summed E-state index contributed by atoms with van der Waals surface area (Å²) in [6.07, 6.45) is 1.79. The zero-order valence-electron chi connectivity index (χ0n) is 7.26. The van der Waals surface area contributed by atoms with Crippen molar-refractivity contribution in [2.45, 2.75) is 24.9 Å². The second-order valence-corrected chi connectivity index (χ2v) is 2.68. The van der Waals surface area contributed by atoms with E-state index in [4.69, 9.17) is 12.6 Å². The van der Waals surface area contributed by atoms with Crippen LogP contribution in [0.25, 0.3) is 0 Å². The number of aromatic nitrogens is 2. The van der Waals surface area contributed by atoms with Crippen LogP contribution in [0.2, 0.25) is 0 Å². The van der Waals surface area contributed by atoms with Crippen LogP contribution in [0.3, 0.4) is 0 Å². The molecule has 0 aliphatic rings. The molecule has 1 aromatic heterocycles. The Morgan fingerprint density at radius 2 is 2.33 bits per heavy atom. The van der Waals surface area contributed by atoms with Gasteiger partial charge in [0.25, 0.3) is 0 Å². The predicted octanol–water partition coefficient (Wildman–Crippen LogP) is -2.37. The molecule has 0 aliphatic carbocycles. The molecule has 1 heterocycles. The molecule has 1 N–H and O–H groups in total. The molecule has 0 amide bonds. The topological polar surface area (TPSA) is 45.8 Å². The first-order chi connectivity index (χ1) is 5.22. The summed E-state index contributed by atoms with van der Waals surface area (Å²) in [6, 6.07) is 1.49. The molecule has 0 radical (unpaired) electrons. The maximum Gasteiger partial charge on any atom is 1.00 e. The van der Waals surface area contributed by atoms with Gasteiger partial charge in [-0.15, -0.1) is 0 Å². The van der Waals surface area contributed by atoms with Crippen molar-refractivity contribution in [3.05, 3.63) is 22.1 Å². The van der Waals surface area contributed by atoms with Crippen molar-refractivity contribution in [2.75, 3.05) is 0 Å². The van der Waals surface area contributed by atoms with Gasteiger partial charge < -0.3 is 17.6 Å². The van der Waals surface area contributed by atoms with E-state index >= 15 is 0 Å². The molecule has 5 heteroatoms. The van der Waals surface area contributed by atoms with E-state index in [2.05, 4.69) is 9.97 Å². The quantitative estimate of drug-likeness (QED) is 0.324. The first-order valence-electron chi connectivity index (χ1n) is 3.49. The minimum atomic E-state index is -0.159. The Morgan fingerprint density at radius 1 is 1.67 bits per heavy atom. The molecule has 3 nitrogen and oxygen atoms in total. The Labute approximate surface area is 98.7 Å². The fraction of sp³-hybridized carbons (Fsp3) is 0.429. The average molecular weight is 192 g/mol. The number of rotatable bonds is 2. The first-order valence-corrected chi connectivity index (χ1v) is 3.90. The summed E-state index contributed by atoms with van der Waals surface area (Å²) in [7, 11) is 0. The first kappa shape index (κ1) is 12.1. The summed E-state index contributed by atoms with van der Waals surface area (Å²) < 4.78 is 0. The zero-order chi connectivity index (χ0) is 8.27. The van der Waals surface area contributed by atoms with Crippen LogP contribution in [0.5, 0.6) is 0 Å². The van der Waals surface area contributed by atoms with Gasteiger partial charge >= 0.3 is 29.6 Å². The summed E-state index contributed by atoms with van der Waals surface area (Å²) in [6.45, 7) is 2.03. The van der Waals surface area contributed by atoms with E-state index in [-0.39, 0.29) is 40.3 Å². The molecule has 60 valence electrons. The number of H-pyrrole nitrogens is 1. The summed E-state index contributed by atoms with van der Waals surface area (Å²) in [5.41, 5.74) is 0.620.